The van der Waals surface area contributed by atoms with Gasteiger partial charge in [0.05, 0.1) is 6.04 Å². The van der Waals surface area contributed by atoms with Gasteiger partial charge in [-0.1, -0.05) is 36.2 Å². The number of halogens is 2. The molecule has 1 saturated carbocycles. The molecule has 0 bridgehead atoms. The Morgan fingerprint density at radius 1 is 1.33 bits per heavy atom. The van der Waals surface area contributed by atoms with E-state index in [2.05, 4.69) is 11.8 Å². The first kappa shape index (κ1) is 14.1. The van der Waals surface area contributed by atoms with E-state index in [4.69, 9.17) is 28.9 Å². The van der Waals surface area contributed by atoms with Gasteiger partial charge in [-0.05, 0) is 37.9 Å². The van der Waals surface area contributed by atoms with E-state index >= 15 is 0 Å². The van der Waals surface area contributed by atoms with Gasteiger partial charge in [0.2, 0.25) is 0 Å². The van der Waals surface area contributed by atoms with Gasteiger partial charge in [-0.25, -0.2) is 0 Å². The number of hydrogen-bond donors (Lipinski definition) is 1. The molecule has 2 rings (SSSR count). The van der Waals surface area contributed by atoms with Crippen LogP contribution in [-0.4, -0.2) is 24.0 Å². The van der Waals surface area contributed by atoms with Gasteiger partial charge in [0.25, 0.3) is 0 Å². The van der Waals surface area contributed by atoms with Crippen LogP contribution in [0.3, 0.4) is 0 Å². The molecule has 1 aliphatic carbocycles. The molecule has 100 valence electrons. The predicted molar refractivity (Wildman–Crippen MR) is 78.3 cm³/mol. The summed E-state index contributed by atoms with van der Waals surface area (Å²) in [6.07, 6.45) is 3.65. The average Bonchev–Trinajstić information content (AvgIpc) is 3.16. The van der Waals surface area contributed by atoms with Crippen LogP contribution in [0.15, 0.2) is 18.2 Å². The second kappa shape index (κ2) is 6.25. The maximum atomic E-state index is 6.31. The third kappa shape index (κ3) is 3.00. The molecule has 4 heteroatoms. The Kier molecular flexibility index (Phi) is 4.91. The van der Waals surface area contributed by atoms with Gasteiger partial charge in [-0.3, -0.25) is 4.90 Å². The minimum Gasteiger partial charge on any atom is -0.329 e. The molecule has 1 atom stereocenters. The zero-order chi connectivity index (χ0) is 13.1. The Labute approximate surface area is 119 Å². The molecule has 2 N–H and O–H groups in total. The Morgan fingerprint density at radius 2 is 1.94 bits per heavy atom. The Hall–Kier alpha value is -0.280. The number of rotatable bonds is 6. The topological polar surface area (TPSA) is 29.3 Å². The van der Waals surface area contributed by atoms with E-state index < -0.39 is 0 Å². The molecule has 0 heterocycles. The van der Waals surface area contributed by atoms with Crippen molar-refractivity contribution >= 4 is 23.2 Å². The molecule has 0 saturated heterocycles. The lowest BCUT2D eigenvalue weighted by molar-refractivity contribution is 0.191. The Bertz CT molecular complexity index is 385. The van der Waals surface area contributed by atoms with Gasteiger partial charge < -0.3 is 5.73 Å². The van der Waals surface area contributed by atoms with Crippen molar-refractivity contribution in [1.82, 2.24) is 4.90 Å². The Morgan fingerprint density at radius 3 is 2.39 bits per heavy atom. The monoisotopic (exact) mass is 286 g/mol. The molecular formula is C14H20Cl2N2. The first-order valence-corrected chi connectivity index (χ1v) is 7.34. The lowest BCUT2D eigenvalue weighted by atomic mass is 10.0. The van der Waals surface area contributed by atoms with Crippen LogP contribution >= 0.6 is 23.2 Å². The van der Waals surface area contributed by atoms with Crippen LogP contribution in [0, 0.1) is 0 Å². The van der Waals surface area contributed by atoms with E-state index in [0.29, 0.717) is 12.6 Å². The molecule has 2 nitrogen and oxygen atoms in total. The largest absolute Gasteiger partial charge is 0.329 e. The number of nitrogens with two attached hydrogens (primary N) is 1. The van der Waals surface area contributed by atoms with E-state index in [-0.39, 0.29) is 6.04 Å². The molecule has 0 aliphatic heterocycles. The van der Waals surface area contributed by atoms with Crippen molar-refractivity contribution in [3.63, 3.8) is 0 Å². The zero-order valence-corrected chi connectivity index (χ0v) is 12.2. The maximum Gasteiger partial charge on any atom is 0.0502 e. The van der Waals surface area contributed by atoms with Gasteiger partial charge >= 0.3 is 0 Å². The van der Waals surface area contributed by atoms with Crippen molar-refractivity contribution < 1.29 is 0 Å². The van der Waals surface area contributed by atoms with Gasteiger partial charge in [0.1, 0.15) is 0 Å². The van der Waals surface area contributed by atoms with Crippen LogP contribution in [0.4, 0.5) is 0 Å². The molecule has 0 aromatic heterocycles. The molecule has 0 radical (unpaired) electrons. The normalized spacial score (nSPS) is 17.2. The van der Waals surface area contributed by atoms with Crippen molar-refractivity contribution in [1.29, 1.82) is 0 Å². The third-order valence-electron chi connectivity index (χ3n) is 3.45. The second-order valence-corrected chi connectivity index (χ2v) is 5.67. The van der Waals surface area contributed by atoms with E-state index in [1.807, 2.05) is 18.2 Å². The molecule has 1 unspecified atom stereocenters. The summed E-state index contributed by atoms with van der Waals surface area (Å²) in [5.41, 5.74) is 6.97. The summed E-state index contributed by atoms with van der Waals surface area (Å²) in [5.74, 6) is 0. The zero-order valence-electron chi connectivity index (χ0n) is 10.7. The summed E-state index contributed by atoms with van der Waals surface area (Å²) in [4.78, 5) is 2.47. The first-order chi connectivity index (χ1) is 8.69. The van der Waals surface area contributed by atoms with E-state index in [1.54, 1.807) is 0 Å². The van der Waals surface area contributed by atoms with Crippen molar-refractivity contribution in [2.45, 2.75) is 38.3 Å². The molecule has 1 aromatic carbocycles. The van der Waals surface area contributed by atoms with E-state index in [1.165, 1.54) is 12.8 Å². The van der Waals surface area contributed by atoms with Crippen LogP contribution in [0.5, 0.6) is 0 Å². The van der Waals surface area contributed by atoms with Crippen LogP contribution in [0.25, 0.3) is 0 Å². The first-order valence-electron chi connectivity index (χ1n) is 6.58. The van der Waals surface area contributed by atoms with Crippen molar-refractivity contribution in [3.8, 4) is 0 Å². The van der Waals surface area contributed by atoms with Crippen molar-refractivity contribution in [2.75, 3.05) is 13.1 Å². The molecule has 0 amide bonds. The quantitative estimate of drug-likeness (QED) is 0.860. The van der Waals surface area contributed by atoms with Crippen LogP contribution < -0.4 is 5.73 Å². The summed E-state index contributed by atoms with van der Waals surface area (Å²) in [7, 11) is 0. The lowest BCUT2D eigenvalue weighted by Gasteiger charge is -2.32. The van der Waals surface area contributed by atoms with Gasteiger partial charge in [-0.15, -0.1) is 0 Å². The van der Waals surface area contributed by atoms with Crippen LogP contribution in [0.1, 0.15) is 37.8 Å². The van der Waals surface area contributed by atoms with Gasteiger partial charge in [-0.2, -0.15) is 0 Å². The summed E-state index contributed by atoms with van der Waals surface area (Å²) in [6.45, 7) is 3.80. The fourth-order valence-corrected chi connectivity index (χ4v) is 3.15. The standard InChI is InChI=1S/C14H20Cl2N2/c1-2-8-18(10-6-7-10)13(9-17)14-11(15)4-3-5-12(14)16/h3-5,10,13H,2,6-9,17H2,1H3. The highest BCUT2D eigenvalue weighted by Gasteiger charge is 2.34. The van der Waals surface area contributed by atoms with E-state index in [0.717, 1.165) is 28.6 Å². The number of hydrogen-bond acceptors (Lipinski definition) is 2. The molecule has 1 aliphatic rings. The molecule has 1 aromatic rings. The highest BCUT2D eigenvalue weighted by atomic mass is 35.5. The molecule has 18 heavy (non-hydrogen) atoms. The fourth-order valence-electron chi connectivity index (χ4n) is 2.51. The molecular weight excluding hydrogens is 267 g/mol. The Balaban J connectivity index is 2.31. The fraction of sp³-hybridized carbons (Fsp3) is 0.571. The maximum absolute atomic E-state index is 6.31. The van der Waals surface area contributed by atoms with Crippen molar-refractivity contribution in [3.05, 3.63) is 33.8 Å². The minimum atomic E-state index is 0.138. The lowest BCUT2D eigenvalue weighted by Crippen LogP contribution is -2.36. The summed E-state index contributed by atoms with van der Waals surface area (Å²) >= 11 is 12.6. The highest BCUT2D eigenvalue weighted by Crippen LogP contribution is 2.39. The van der Waals surface area contributed by atoms with Gasteiger partial charge in [0.15, 0.2) is 0 Å². The van der Waals surface area contributed by atoms with E-state index in [9.17, 15) is 0 Å². The highest BCUT2D eigenvalue weighted by molar-refractivity contribution is 6.36. The van der Waals surface area contributed by atoms with Gasteiger partial charge in [0, 0.05) is 28.2 Å². The smallest absolute Gasteiger partial charge is 0.0502 e. The van der Waals surface area contributed by atoms with Crippen LogP contribution in [-0.2, 0) is 0 Å². The number of benzene rings is 1. The summed E-state index contributed by atoms with van der Waals surface area (Å²) in [5, 5.41) is 1.44. The molecule has 1 fully saturated rings. The predicted octanol–water partition coefficient (Wildman–Crippen LogP) is 3.87. The summed E-state index contributed by atoms with van der Waals surface area (Å²) in [6, 6.07) is 6.46. The SMILES string of the molecule is CCCN(C1CC1)C(CN)c1c(Cl)cccc1Cl. The minimum absolute atomic E-state index is 0.138. The third-order valence-corrected chi connectivity index (χ3v) is 4.11. The molecule has 0 spiro atoms. The second-order valence-electron chi connectivity index (χ2n) is 4.86. The van der Waals surface area contributed by atoms with Crippen molar-refractivity contribution in [2.24, 2.45) is 5.73 Å². The number of nitrogens with zero attached hydrogens (tertiary/aromatic N) is 1. The van der Waals surface area contributed by atoms with Crippen LogP contribution in [0.2, 0.25) is 10.0 Å². The summed E-state index contributed by atoms with van der Waals surface area (Å²) < 4.78 is 0. The average molecular weight is 287 g/mol.